The van der Waals surface area contributed by atoms with E-state index in [1.807, 2.05) is 36.4 Å². The zero-order valence-electron chi connectivity index (χ0n) is 16.5. The summed E-state index contributed by atoms with van der Waals surface area (Å²) in [7, 11) is 1.75. The third-order valence-corrected chi connectivity index (χ3v) is 4.47. The fourth-order valence-corrected chi connectivity index (χ4v) is 3.12. The van der Waals surface area contributed by atoms with Gasteiger partial charge in [-0.3, -0.25) is 14.5 Å². The predicted octanol–water partition coefficient (Wildman–Crippen LogP) is 5.04. The number of carbonyl (C=O) groups is 1. The van der Waals surface area contributed by atoms with Crippen molar-refractivity contribution in [3.8, 4) is 33.9 Å². The molecule has 0 unspecified atom stereocenters. The number of nitrogens with one attached hydrogen (secondary N) is 1. The van der Waals surface area contributed by atoms with E-state index in [2.05, 4.69) is 15.4 Å². The zero-order chi connectivity index (χ0) is 21.1. The monoisotopic (exact) mass is 402 g/mol. The van der Waals surface area contributed by atoms with Crippen LogP contribution in [0, 0.1) is 5.82 Å². The number of amides is 1. The number of ether oxygens (including phenoxy) is 1. The molecule has 0 spiro atoms. The van der Waals surface area contributed by atoms with Gasteiger partial charge in [0.1, 0.15) is 28.8 Å². The molecule has 0 saturated carbocycles. The molecule has 0 aliphatic carbocycles. The first kappa shape index (κ1) is 19.3. The molecule has 150 valence electrons. The minimum atomic E-state index is -0.308. The molecule has 2 aromatic carbocycles. The number of halogens is 1. The molecule has 2 bridgehead atoms. The van der Waals surface area contributed by atoms with Crippen molar-refractivity contribution in [2.75, 3.05) is 5.32 Å². The maximum Gasteiger partial charge on any atom is 0.222 e. The summed E-state index contributed by atoms with van der Waals surface area (Å²) in [6.07, 6.45) is 3.35. The van der Waals surface area contributed by atoms with Crippen LogP contribution in [0.5, 0.6) is 11.5 Å². The van der Waals surface area contributed by atoms with Gasteiger partial charge in [-0.05, 0) is 54.1 Å². The van der Waals surface area contributed by atoms with Crippen LogP contribution in [0.3, 0.4) is 0 Å². The molecule has 6 nitrogen and oxygen atoms in total. The van der Waals surface area contributed by atoms with Crippen molar-refractivity contribution in [1.29, 1.82) is 0 Å². The summed E-state index contributed by atoms with van der Waals surface area (Å²) >= 11 is 0. The SMILES string of the molecule is CC(=O)Nc1c(-c2ccncc2)c(-c2ccc(F)cc2)nn1C.c1cc2cc(c1)O2. The molecule has 7 heteroatoms. The fourth-order valence-electron chi connectivity index (χ4n) is 3.12. The van der Waals surface area contributed by atoms with E-state index in [0.29, 0.717) is 11.5 Å². The lowest BCUT2D eigenvalue weighted by molar-refractivity contribution is -0.114. The lowest BCUT2D eigenvalue weighted by atomic mass is 10.0. The van der Waals surface area contributed by atoms with Gasteiger partial charge in [0.05, 0.1) is 5.56 Å². The Hall–Kier alpha value is -4.00. The van der Waals surface area contributed by atoms with E-state index in [4.69, 9.17) is 4.74 Å². The van der Waals surface area contributed by atoms with Crippen molar-refractivity contribution in [3.05, 3.63) is 78.9 Å². The Morgan fingerprint density at radius 3 is 2.13 bits per heavy atom. The van der Waals surface area contributed by atoms with Gasteiger partial charge in [0.2, 0.25) is 5.91 Å². The van der Waals surface area contributed by atoms with Gasteiger partial charge in [0.15, 0.2) is 0 Å². The third kappa shape index (κ3) is 4.05. The molecule has 0 atom stereocenters. The second kappa shape index (κ2) is 8.16. The largest absolute Gasteiger partial charge is 0.457 e. The molecular formula is C23H19FN4O2. The van der Waals surface area contributed by atoms with Crippen LogP contribution in [0.4, 0.5) is 10.2 Å². The standard InChI is InChI=1S/C17H15FN4O.C6H4O/c1-11(23)20-17-15(12-7-9-19-10-8-12)16(21-22(17)2)13-3-5-14(18)6-4-13;1-2-5-4-6(3-1)7-5/h3-10H,1-2H3,(H,20,23);1-4H. The van der Waals surface area contributed by atoms with Crippen LogP contribution in [0.2, 0.25) is 0 Å². The van der Waals surface area contributed by atoms with E-state index >= 15 is 0 Å². The van der Waals surface area contributed by atoms with E-state index in [0.717, 1.165) is 28.2 Å². The highest BCUT2D eigenvalue weighted by Crippen LogP contribution is 2.37. The predicted molar refractivity (Wildman–Crippen MR) is 113 cm³/mol. The van der Waals surface area contributed by atoms with Crippen molar-refractivity contribution in [2.24, 2.45) is 7.05 Å². The maximum atomic E-state index is 13.2. The van der Waals surface area contributed by atoms with Crippen LogP contribution in [-0.2, 0) is 11.8 Å². The topological polar surface area (TPSA) is 69.0 Å². The summed E-state index contributed by atoms with van der Waals surface area (Å²) in [4.78, 5) is 15.5. The van der Waals surface area contributed by atoms with E-state index < -0.39 is 0 Å². The number of aromatic nitrogens is 3. The number of fused-ring (bicyclic) bond motifs is 2. The summed E-state index contributed by atoms with van der Waals surface area (Å²) in [6, 6.07) is 17.6. The van der Waals surface area contributed by atoms with Gasteiger partial charge in [-0.1, -0.05) is 6.07 Å². The van der Waals surface area contributed by atoms with Crippen LogP contribution in [0.15, 0.2) is 73.1 Å². The van der Waals surface area contributed by atoms with E-state index in [1.165, 1.54) is 19.1 Å². The van der Waals surface area contributed by atoms with Gasteiger partial charge in [-0.25, -0.2) is 4.39 Å². The highest BCUT2D eigenvalue weighted by Gasteiger charge is 2.20. The Morgan fingerprint density at radius 2 is 1.63 bits per heavy atom. The van der Waals surface area contributed by atoms with Crippen molar-refractivity contribution in [3.63, 3.8) is 0 Å². The molecule has 1 amide bonds. The van der Waals surface area contributed by atoms with E-state index in [1.54, 1.807) is 36.3 Å². The number of anilines is 1. The Labute approximate surface area is 173 Å². The number of pyridine rings is 1. The summed E-state index contributed by atoms with van der Waals surface area (Å²) in [5.74, 6) is 2.06. The number of benzene rings is 2. The number of aryl methyl sites for hydroxylation is 1. The zero-order valence-corrected chi connectivity index (χ0v) is 16.5. The molecule has 2 aliphatic rings. The summed E-state index contributed by atoms with van der Waals surface area (Å²) < 4.78 is 19.8. The van der Waals surface area contributed by atoms with Crippen LogP contribution < -0.4 is 10.1 Å². The van der Waals surface area contributed by atoms with Crippen LogP contribution in [0.1, 0.15) is 6.92 Å². The highest BCUT2D eigenvalue weighted by molar-refractivity contribution is 5.97. The first-order chi connectivity index (χ1) is 14.5. The molecular weight excluding hydrogens is 383 g/mol. The number of nitrogens with zero attached hydrogens (tertiary/aromatic N) is 3. The molecule has 2 aromatic heterocycles. The van der Waals surface area contributed by atoms with Crippen LogP contribution >= 0.6 is 0 Å². The molecule has 0 radical (unpaired) electrons. The molecule has 4 heterocycles. The number of hydrogen-bond acceptors (Lipinski definition) is 4. The minimum absolute atomic E-state index is 0.186. The average molecular weight is 402 g/mol. The molecule has 6 rings (SSSR count). The van der Waals surface area contributed by atoms with Gasteiger partial charge < -0.3 is 10.1 Å². The van der Waals surface area contributed by atoms with E-state index in [9.17, 15) is 9.18 Å². The van der Waals surface area contributed by atoms with Gasteiger partial charge in [-0.15, -0.1) is 0 Å². The van der Waals surface area contributed by atoms with Crippen LogP contribution in [-0.4, -0.2) is 20.7 Å². The second-order valence-electron chi connectivity index (χ2n) is 6.70. The lowest BCUT2D eigenvalue weighted by Gasteiger charge is -2.13. The van der Waals surface area contributed by atoms with Crippen molar-refractivity contribution in [1.82, 2.24) is 14.8 Å². The number of carbonyl (C=O) groups excluding carboxylic acids is 1. The van der Waals surface area contributed by atoms with Gasteiger partial charge in [0, 0.05) is 38.0 Å². The minimum Gasteiger partial charge on any atom is -0.457 e. The Morgan fingerprint density at radius 1 is 1.00 bits per heavy atom. The molecule has 4 aromatic rings. The molecule has 0 fully saturated rings. The Kier molecular flexibility index (Phi) is 5.26. The number of hydrogen-bond donors (Lipinski definition) is 1. The van der Waals surface area contributed by atoms with Crippen molar-refractivity contribution in [2.45, 2.75) is 6.92 Å². The normalized spacial score (nSPS) is 10.9. The number of rotatable bonds is 3. The summed E-state index contributed by atoms with van der Waals surface area (Å²) in [6.45, 7) is 1.45. The Bertz CT molecular complexity index is 1160. The van der Waals surface area contributed by atoms with Gasteiger partial charge in [-0.2, -0.15) is 5.10 Å². The third-order valence-electron chi connectivity index (χ3n) is 4.47. The fraction of sp³-hybridized carbons (Fsp3) is 0.0870. The summed E-state index contributed by atoms with van der Waals surface area (Å²) in [5.41, 5.74) is 3.08. The first-order valence-electron chi connectivity index (χ1n) is 9.30. The molecule has 1 N–H and O–H groups in total. The molecule has 0 saturated heterocycles. The maximum absolute atomic E-state index is 13.2. The van der Waals surface area contributed by atoms with Crippen molar-refractivity contribution >= 4 is 11.7 Å². The summed E-state index contributed by atoms with van der Waals surface area (Å²) in [5, 5.41) is 7.31. The highest BCUT2D eigenvalue weighted by atomic mass is 19.1. The quantitative estimate of drug-likeness (QED) is 0.459. The smallest absolute Gasteiger partial charge is 0.222 e. The van der Waals surface area contributed by atoms with E-state index in [-0.39, 0.29) is 11.7 Å². The average Bonchev–Trinajstić information content (AvgIpc) is 3.05. The van der Waals surface area contributed by atoms with Crippen LogP contribution in [0.25, 0.3) is 22.4 Å². The Balaban J connectivity index is 0.000000259. The lowest BCUT2D eigenvalue weighted by Crippen LogP contribution is -2.10. The molecule has 30 heavy (non-hydrogen) atoms. The van der Waals surface area contributed by atoms with Gasteiger partial charge >= 0.3 is 0 Å². The van der Waals surface area contributed by atoms with Crippen molar-refractivity contribution < 1.29 is 13.9 Å². The second-order valence-corrected chi connectivity index (χ2v) is 6.70. The van der Waals surface area contributed by atoms with Gasteiger partial charge in [0.25, 0.3) is 0 Å². The molecule has 2 aliphatic heterocycles. The first-order valence-corrected chi connectivity index (χ1v) is 9.30.